The summed E-state index contributed by atoms with van der Waals surface area (Å²) in [5.41, 5.74) is 3.89. The zero-order valence-corrected chi connectivity index (χ0v) is 14.1. The van der Waals surface area contributed by atoms with E-state index < -0.39 is 0 Å². The number of hydrogen-bond donors (Lipinski definition) is 1. The maximum atomic E-state index is 3.46. The van der Waals surface area contributed by atoms with E-state index in [1.165, 1.54) is 49.4 Å². The average Bonchev–Trinajstić information content (AvgIpc) is 3.01. The van der Waals surface area contributed by atoms with Crippen LogP contribution >= 0.6 is 12.1 Å². The predicted octanol–water partition coefficient (Wildman–Crippen LogP) is 4.60. The van der Waals surface area contributed by atoms with Crippen LogP contribution in [0.5, 0.6) is 0 Å². The third-order valence-corrected chi connectivity index (χ3v) is 5.89. The Morgan fingerprint density at radius 1 is 0.913 bits per heavy atom. The van der Waals surface area contributed by atoms with Gasteiger partial charge in [-0.1, -0.05) is 30.3 Å². The first-order valence-electron chi connectivity index (χ1n) is 8.52. The highest BCUT2D eigenvalue weighted by molar-refractivity contribution is 8.02. The van der Waals surface area contributed by atoms with Crippen molar-refractivity contribution in [1.82, 2.24) is 5.32 Å². The fraction of sp³-hybridized carbons (Fsp3) is 0.368. The topological polar surface area (TPSA) is 18.5 Å². The normalized spacial score (nSPS) is 18.3. The number of piperidine rings is 1. The van der Waals surface area contributed by atoms with Gasteiger partial charge in [-0.15, -0.1) is 0 Å². The summed E-state index contributed by atoms with van der Waals surface area (Å²) in [5.74, 6) is 0.870. The molecule has 4 heteroatoms. The number of nitrogens with one attached hydrogen (secondary N) is 1. The molecule has 2 aromatic carbocycles. The van der Waals surface area contributed by atoms with Crippen LogP contribution in [-0.4, -0.2) is 19.6 Å². The van der Waals surface area contributed by atoms with E-state index in [0.717, 1.165) is 12.5 Å². The Morgan fingerprint density at radius 2 is 1.61 bits per heavy atom. The summed E-state index contributed by atoms with van der Waals surface area (Å²) in [4.78, 5) is 0. The molecule has 0 saturated carbocycles. The van der Waals surface area contributed by atoms with Gasteiger partial charge in [0.15, 0.2) is 0 Å². The van der Waals surface area contributed by atoms with Gasteiger partial charge in [-0.2, -0.15) is 0 Å². The van der Waals surface area contributed by atoms with Crippen molar-refractivity contribution in [2.75, 3.05) is 28.2 Å². The minimum atomic E-state index is 0.870. The third kappa shape index (κ3) is 3.19. The molecule has 0 bridgehead atoms. The molecule has 2 heterocycles. The van der Waals surface area contributed by atoms with E-state index in [4.69, 9.17) is 0 Å². The SMILES string of the molecule is c1ccc(N2SN(CCC3CCNCC3)c3ccccc32)cc1. The Labute approximate surface area is 142 Å². The van der Waals surface area contributed by atoms with Gasteiger partial charge in [0.25, 0.3) is 0 Å². The van der Waals surface area contributed by atoms with Crippen LogP contribution in [0.3, 0.4) is 0 Å². The van der Waals surface area contributed by atoms with Crippen molar-refractivity contribution in [3.8, 4) is 0 Å². The van der Waals surface area contributed by atoms with E-state index in [2.05, 4.69) is 68.5 Å². The largest absolute Gasteiger partial charge is 0.317 e. The van der Waals surface area contributed by atoms with Crippen molar-refractivity contribution in [1.29, 1.82) is 0 Å². The summed E-state index contributed by atoms with van der Waals surface area (Å²) in [5, 5.41) is 3.46. The molecule has 1 N–H and O–H groups in total. The second-order valence-electron chi connectivity index (χ2n) is 6.28. The van der Waals surface area contributed by atoms with Gasteiger partial charge in [0, 0.05) is 6.54 Å². The second-order valence-corrected chi connectivity index (χ2v) is 7.25. The van der Waals surface area contributed by atoms with E-state index in [0.29, 0.717) is 0 Å². The summed E-state index contributed by atoms with van der Waals surface area (Å²) in [6.45, 7) is 3.49. The maximum Gasteiger partial charge on any atom is 0.0784 e. The smallest absolute Gasteiger partial charge is 0.0784 e. The van der Waals surface area contributed by atoms with Crippen molar-refractivity contribution < 1.29 is 0 Å². The van der Waals surface area contributed by atoms with Crippen molar-refractivity contribution in [2.45, 2.75) is 19.3 Å². The molecular weight excluding hydrogens is 302 g/mol. The average molecular weight is 325 g/mol. The summed E-state index contributed by atoms with van der Waals surface area (Å²) in [6.07, 6.45) is 3.93. The molecule has 4 rings (SSSR count). The van der Waals surface area contributed by atoms with Gasteiger partial charge in [-0.05, 0) is 62.5 Å². The van der Waals surface area contributed by atoms with Crippen LogP contribution < -0.4 is 13.9 Å². The van der Waals surface area contributed by atoms with Gasteiger partial charge >= 0.3 is 0 Å². The fourth-order valence-electron chi connectivity index (χ4n) is 3.41. The lowest BCUT2D eigenvalue weighted by Gasteiger charge is -2.25. The Kier molecular flexibility index (Phi) is 4.44. The van der Waals surface area contributed by atoms with Gasteiger partial charge in [-0.25, -0.2) is 0 Å². The molecule has 0 unspecified atom stereocenters. The summed E-state index contributed by atoms with van der Waals surface area (Å²) in [6, 6.07) is 19.4. The zero-order chi connectivity index (χ0) is 15.5. The summed E-state index contributed by atoms with van der Waals surface area (Å²) < 4.78 is 4.81. The highest BCUT2D eigenvalue weighted by Crippen LogP contribution is 2.48. The number of anilines is 3. The minimum Gasteiger partial charge on any atom is -0.317 e. The van der Waals surface area contributed by atoms with Crippen LogP contribution in [0.15, 0.2) is 54.6 Å². The second kappa shape index (κ2) is 6.85. The van der Waals surface area contributed by atoms with Crippen LogP contribution in [0.25, 0.3) is 0 Å². The quantitative estimate of drug-likeness (QED) is 0.828. The molecular formula is C19H23N3S. The zero-order valence-electron chi connectivity index (χ0n) is 13.3. The summed E-state index contributed by atoms with van der Waals surface area (Å²) in [7, 11) is 0. The molecule has 23 heavy (non-hydrogen) atoms. The third-order valence-electron chi connectivity index (χ3n) is 4.74. The molecule has 0 spiro atoms. The van der Waals surface area contributed by atoms with Crippen molar-refractivity contribution in [3.63, 3.8) is 0 Å². The number of benzene rings is 2. The van der Waals surface area contributed by atoms with Gasteiger partial charge in [0.1, 0.15) is 0 Å². The highest BCUT2D eigenvalue weighted by atomic mass is 32.2. The number of para-hydroxylation sites is 3. The van der Waals surface area contributed by atoms with Crippen LogP contribution in [0, 0.1) is 5.92 Å². The van der Waals surface area contributed by atoms with Crippen LogP contribution in [-0.2, 0) is 0 Å². The van der Waals surface area contributed by atoms with Crippen molar-refractivity contribution in [3.05, 3.63) is 54.6 Å². The van der Waals surface area contributed by atoms with E-state index in [-0.39, 0.29) is 0 Å². The maximum absolute atomic E-state index is 3.46. The van der Waals surface area contributed by atoms with Gasteiger partial charge in [-0.3, -0.25) is 8.61 Å². The molecule has 0 radical (unpaired) electrons. The molecule has 120 valence electrons. The first-order chi connectivity index (χ1) is 11.4. The van der Waals surface area contributed by atoms with Gasteiger partial charge in [0.05, 0.1) is 29.2 Å². The fourth-order valence-corrected chi connectivity index (χ4v) is 4.50. The van der Waals surface area contributed by atoms with Crippen molar-refractivity contribution >= 4 is 29.2 Å². The monoisotopic (exact) mass is 325 g/mol. The molecule has 2 aliphatic heterocycles. The van der Waals surface area contributed by atoms with Gasteiger partial charge in [0.2, 0.25) is 0 Å². The Balaban J connectivity index is 1.50. The molecule has 2 aliphatic rings. The first kappa shape index (κ1) is 14.9. The molecule has 0 aromatic heterocycles. The van der Waals surface area contributed by atoms with E-state index in [9.17, 15) is 0 Å². The van der Waals surface area contributed by atoms with Crippen molar-refractivity contribution in [2.24, 2.45) is 5.92 Å². The Hall–Kier alpha value is -1.65. The number of nitrogens with zero attached hydrogens (tertiary/aromatic N) is 2. The van der Waals surface area contributed by atoms with Crippen LogP contribution in [0.1, 0.15) is 19.3 Å². The molecule has 0 aliphatic carbocycles. The molecule has 3 nitrogen and oxygen atoms in total. The standard InChI is InChI=1S/C19H23N3S/c1-2-6-17(7-3-1)22-19-9-5-4-8-18(19)21(23-22)15-12-16-10-13-20-14-11-16/h1-9,16,20H,10-15H2. The Morgan fingerprint density at radius 3 is 2.39 bits per heavy atom. The lowest BCUT2D eigenvalue weighted by molar-refractivity contribution is 0.359. The Bertz CT molecular complexity index is 640. The summed E-state index contributed by atoms with van der Waals surface area (Å²) >= 11 is 1.83. The van der Waals surface area contributed by atoms with Crippen LogP contribution in [0.2, 0.25) is 0 Å². The van der Waals surface area contributed by atoms with Gasteiger partial charge < -0.3 is 5.32 Å². The molecule has 2 aromatic rings. The van der Waals surface area contributed by atoms with E-state index >= 15 is 0 Å². The number of fused-ring (bicyclic) bond motifs is 1. The molecule has 1 fully saturated rings. The minimum absolute atomic E-state index is 0.870. The number of hydrogen-bond acceptors (Lipinski definition) is 4. The lowest BCUT2D eigenvalue weighted by Crippen LogP contribution is -2.29. The molecule has 0 atom stereocenters. The van der Waals surface area contributed by atoms with E-state index in [1.54, 1.807) is 0 Å². The predicted molar refractivity (Wildman–Crippen MR) is 100 cm³/mol. The van der Waals surface area contributed by atoms with Crippen LogP contribution in [0.4, 0.5) is 17.1 Å². The molecule has 1 saturated heterocycles. The lowest BCUT2D eigenvalue weighted by atomic mass is 9.95. The van der Waals surface area contributed by atoms with E-state index in [1.807, 2.05) is 12.1 Å². The molecule has 0 amide bonds. The highest BCUT2D eigenvalue weighted by Gasteiger charge is 2.28. The number of rotatable bonds is 4. The first-order valence-corrected chi connectivity index (χ1v) is 9.25.